The van der Waals surface area contributed by atoms with Gasteiger partial charge in [0.2, 0.25) is 11.8 Å². The molecule has 2 aliphatic rings. The van der Waals surface area contributed by atoms with Crippen molar-refractivity contribution >= 4 is 23.8 Å². The van der Waals surface area contributed by atoms with Gasteiger partial charge in [-0.25, -0.2) is 4.79 Å². The Morgan fingerprint density at radius 3 is 2.38 bits per heavy atom. The van der Waals surface area contributed by atoms with E-state index in [9.17, 15) is 19.2 Å². The van der Waals surface area contributed by atoms with Gasteiger partial charge in [0, 0.05) is 37.3 Å². The van der Waals surface area contributed by atoms with Gasteiger partial charge in [0.15, 0.2) is 0 Å². The van der Waals surface area contributed by atoms with Crippen LogP contribution in [-0.4, -0.2) is 57.9 Å². The van der Waals surface area contributed by atoms with E-state index in [0.29, 0.717) is 25.1 Å². The minimum Gasteiger partial charge on any atom is -0.444 e. The summed E-state index contributed by atoms with van der Waals surface area (Å²) in [6, 6.07) is 8.57. The third kappa shape index (κ3) is 6.55. The molecule has 0 unspecified atom stereocenters. The second kappa shape index (κ2) is 11.0. The number of ether oxygens (including phenoxy) is 1. The quantitative estimate of drug-likeness (QED) is 0.497. The van der Waals surface area contributed by atoms with E-state index in [-0.39, 0.29) is 12.3 Å². The van der Waals surface area contributed by atoms with Crippen molar-refractivity contribution in [1.82, 2.24) is 20.5 Å². The minimum absolute atomic E-state index is 0.0808. The SMILES string of the molecule is CN1Cc2cc(-c3ccc(C[C@H](NC(=O)C4(NC(=O)OC(C)(C)C)CCCCC4)C(N)=O)cc3)cnc2C1=O. The van der Waals surface area contributed by atoms with Crippen molar-refractivity contribution in [3.8, 4) is 11.1 Å². The summed E-state index contributed by atoms with van der Waals surface area (Å²) in [5, 5.41) is 5.59. The minimum atomic E-state index is -1.16. The van der Waals surface area contributed by atoms with Gasteiger partial charge in [-0.3, -0.25) is 19.4 Å². The van der Waals surface area contributed by atoms with Gasteiger partial charge in [0.1, 0.15) is 22.9 Å². The summed E-state index contributed by atoms with van der Waals surface area (Å²) in [4.78, 5) is 56.5. The number of hydrogen-bond donors (Lipinski definition) is 3. The molecule has 1 aliphatic carbocycles. The van der Waals surface area contributed by atoms with Crippen molar-refractivity contribution in [2.75, 3.05) is 7.05 Å². The molecule has 1 aliphatic heterocycles. The van der Waals surface area contributed by atoms with Crippen LogP contribution >= 0.6 is 0 Å². The number of nitrogens with two attached hydrogens (primary N) is 1. The number of carbonyl (C=O) groups is 4. The maximum Gasteiger partial charge on any atom is 0.408 e. The molecule has 208 valence electrons. The molecule has 0 bridgehead atoms. The van der Waals surface area contributed by atoms with Crippen LogP contribution in [0.1, 0.15) is 74.5 Å². The van der Waals surface area contributed by atoms with Gasteiger partial charge in [0.05, 0.1) is 0 Å². The zero-order chi connectivity index (χ0) is 28.4. The molecule has 1 atom stereocenters. The number of amides is 4. The van der Waals surface area contributed by atoms with Crippen molar-refractivity contribution in [3.63, 3.8) is 0 Å². The Morgan fingerprint density at radius 2 is 1.77 bits per heavy atom. The molecule has 4 N–H and O–H groups in total. The number of pyridine rings is 1. The number of aromatic nitrogens is 1. The zero-order valence-electron chi connectivity index (χ0n) is 23.0. The van der Waals surface area contributed by atoms with Crippen molar-refractivity contribution in [2.45, 2.75) is 83.0 Å². The zero-order valence-corrected chi connectivity index (χ0v) is 23.0. The fraction of sp³-hybridized carbons (Fsp3) is 0.483. The summed E-state index contributed by atoms with van der Waals surface area (Å²) in [6.07, 6.45) is 4.63. The van der Waals surface area contributed by atoms with E-state index in [4.69, 9.17) is 10.5 Å². The summed E-state index contributed by atoms with van der Waals surface area (Å²) in [6.45, 7) is 5.80. The van der Waals surface area contributed by atoms with E-state index < -0.39 is 35.1 Å². The lowest BCUT2D eigenvalue weighted by molar-refractivity contribution is -0.133. The summed E-state index contributed by atoms with van der Waals surface area (Å²) in [5.74, 6) is -1.17. The van der Waals surface area contributed by atoms with Crippen LogP contribution in [0.5, 0.6) is 0 Å². The molecule has 1 saturated carbocycles. The van der Waals surface area contributed by atoms with Crippen LogP contribution in [0.3, 0.4) is 0 Å². The van der Waals surface area contributed by atoms with Gasteiger partial charge in [-0.2, -0.15) is 0 Å². The Hall–Kier alpha value is -3.95. The molecule has 1 aromatic heterocycles. The number of carbonyl (C=O) groups excluding carboxylic acids is 4. The fourth-order valence-corrected chi connectivity index (χ4v) is 5.14. The third-order valence-electron chi connectivity index (χ3n) is 7.18. The molecule has 2 aromatic rings. The van der Waals surface area contributed by atoms with E-state index >= 15 is 0 Å². The number of alkyl carbamates (subject to hydrolysis) is 1. The number of nitrogens with zero attached hydrogens (tertiary/aromatic N) is 2. The van der Waals surface area contributed by atoms with Crippen molar-refractivity contribution in [2.24, 2.45) is 5.73 Å². The Kier molecular flexibility index (Phi) is 7.94. The first-order valence-electron chi connectivity index (χ1n) is 13.3. The molecule has 2 heterocycles. The summed E-state index contributed by atoms with van der Waals surface area (Å²) < 4.78 is 5.40. The van der Waals surface area contributed by atoms with Gasteiger partial charge < -0.3 is 26.0 Å². The van der Waals surface area contributed by atoms with Crippen LogP contribution in [0.4, 0.5) is 4.79 Å². The molecule has 1 fully saturated rings. The molecule has 10 nitrogen and oxygen atoms in total. The second-order valence-corrected chi connectivity index (χ2v) is 11.5. The Bertz CT molecular complexity index is 1260. The normalized spacial score (nSPS) is 17.2. The van der Waals surface area contributed by atoms with E-state index in [1.54, 1.807) is 38.9 Å². The second-order valence-electron chi connectivity index (χ2n) is 11.5. The Morgan fingerprint density at radius 1 is 1.10 bits per heavy atom. The molecule has 0 saturated heterocycles. The topological polar surface area (TPSA) is 144 Å². The lowest BCUT2D eigenvalue weighted by Crippen LogP contribution is -2.63. The van der Waals surface area contributed by atoms with Crippen LogP contribution in [0.2, 0.25) is 0 Å². The highest BCUT2D eigenvalue weighted by molar-refractivity contribution is 5.96. The van der Waals surface area contributed by atoms with Gasteiger partial charge >= 0.3 is 6.09 Å². The van der Waals surface area contributed by atoms with Crippen LogP contribution in [-0.2, 0) is 27.3 Å². The molecular weight excluding hydrogens is 498 g/mol. The van der Waals surface area contributed by atoms with Crippen molar-refractivity contribution in [1.29, 1.82) is 0 Å². The molecule has 0 radical (unpaired) electrons. The molecular formula is C29H37N5O5. The summed E-state index contributed by atoms with van der Waals surface area (Å²) in [5.41, 5.74) is 7.79. The molecule has 10 heteroatoms. The van der Waals surface area contributed by atoms with Gasteiger partial charge in [0.25, 0.3) is 5.91 Å². The highest BCUT2D eigenvalue weighted by atomic mass is 16.6. The number of primary amides is 1. The average Bonchev–Trinajstić information content (AvgIpc) is 3.15. The van der Waals surface area contributed by atoms with Crippen LogP contribution in [0.25, 0.3) is 11.1 Å². The molecule has 4 rings (SSSR count). The maximum absolute atomic E-state index is 13.5. The summed E-state index contributed by atoms with van der Waals surface area (Å²) in [7, 11) is 1.75. The maximum atomic E-state index is 13.5. The Labute approximate surface area is 228 Å². The van der Waals surface area contributed by atoms with E-state index in [2.05, 4.69) is 15.6 Å². The molecule has 1 aromatic carbocycles. The van der Waals surface area contributed by atoms with Crippen molar-refractivity contribution < 1.29 is 23.9 Å². The predicted molar refractivity (Wildman–Crippen MR) is 145 cm³/mol. The van der Waals surface area contributed by atoms with Crippen LogP contribution in [0.15, 0.2) is 36.5 Å². The molecule has 0 spiro atoms. The van der Waals surface area contributed by atoms with E-state index in [1.807, 2.05) is 30.3 Å². The standard InChI is InChI=1S/C29H37N5O5/c1-28(2,3)39-27(38)33-29(12-6-5-7-13-29)26(37)32-22(24(30)35)14-18-8-10-19(11-9-18)20-15-21-17-34(4)25(36)23(21)31-16-20/h8-11,15-16,22H,5-7,12-14,17H2,1-4H3,(H2,30,35)(H,32,37)(H,33,38)/t22-/m0/s1. The van der Waals surface area contributed by atoms with Gasteiger partial charge in [-0.15, -0.1) is 0 Å². The largest absolute Gasteiger partial charge is 0.444 e. The predicted octanol–water partition coefficient (Wildman–Crippen LogP) is 3.07. The first-order chi connectivity index (χ1) is 18.4. The highest BCUT2D eigenvalue weighted by Crippen LogP contribution is 2.30. The third-order valence-corrected chi connectivity index (χ3v) is 7.18. The molecule has 4 amide bonds. The molecule has 39 heavy (non-hydrogen) atoms. The average molecular weight is 536 g/mol. The summed E-state index contributed by atoms with van der Waals surface area (Å²) >= 11 is 0. The number of fused-ring (bicyclic) bond motifs is 1. The first kappa shape index (κ1) is 28.1. The number of rotatable bonds is 7. The number of hydrogen-bond acceptors (Lipinski definition) is 6. The van der Waals surface area contributed by atoms with Gasteiger partial charge in [-0.05, 0) is 50.8 Å². The van der Waals surface area contributed by atoms with Crippen LogP contribution in [0, 0.1) is 0 Å². The number of benzene rings is 1. The Balaban J connectivity index is 1.46. The lowest BCUT2D eigenvalue weighted by atomic mass is 9.80. The number of nitrogens with one attached hydrogen (secondary N) is 2. The smallest absolute Gasteiger partial charge is 0.408 e. The van der Waals surface area contributed by atoms with Crippen LogP contribution < -0.4 is 16.4 Å². The highest BCUT2D eigenvalue weighted by Gasteiger charge is 2.43. The van der Waals surface area contributed by atoms with Gasteiger partial charge in [-0.1, -0.05) is 43.5 Å². The first-order valence-corrected chi connectivity index (χ1v) is 13.3. The fourth-order valence-electron chi connectivity index (χ4n) is 5.14. The lowest BCUT2D eigenvalue weighted by Gasteiger charge is -2.37. The van der Waals surface area contributed by atoms with Crippen molar-refractivity contribution in [3.05, 3.63) is 53.3 Å². The van der Waals surface area contributed by atoms with E-state index in [1.165, 1.54) is 0 Å². The monoisotopic (exact) mass is 535 g/mol. The van der Waals surface area contributed by atoms with E-state index in [0.717, 1.165) is 41.5 Å².